The summed E-state index contributed by atoms with van der Waals surface area (Å²) >= 11 is 0. The molecule has 0 saturated heterocycles. The molecule has 0 atom stereocenters. The van der Waals surface area contributed by atoms with Gasteiger partial charge in [-0.05, 0) is 0 Å². The van der Waals surface area contributed by atoms with Gasteiger partial charge in [-0.3, -0.25) is 0 Å². The summed E-state index contributed by atoms with van der Waals surface area (Å²) in [5, 5.41) is 8.48. The summed E-state index contributed by atoms with van der Waals surface area (Å²) in [6.07, 6.45) is 0. The van der Waals surface area contributed by atoms with Crippen molar-refractivity contribution in [3.05, 3.63) is 12.2 Å². The molecule has 0 amide bonds. The Morgan fingerprint density at radius 1 is 0.500 bits per heavy atom. The first-order valence-corrected chi connectivity index (χ1v) is 7.12. The van der Waals surface area contributed by atoms with Crippen molar-refractivity contribution >= 4 is 5.97 Å². The zero-order valence-corrected chi connectivity index (χ0v) is 13.2. The van der Waals surface area contributed by atoms with Gasteiger partial charge in [0.25, 0.3) is 11.3 Å². The van der Waals surface area contributed by atoms with Crippen LogP contribution in [0.25, 0.3) is 0 Å². The van der Waals surface area contributed by atoms with Crippen LogP contribution in [-0.4, -0.2) is 69.0 Å². The van der Waals surface area contributed by atoms with Crippen molar-refractivity contribution in [3.63, 3.8) is 0 Å². The number of aliphatic carboxylic acids is 1. The van der Waals surface area contributed by atoms with Crippen LogP contribution >= 0.6 is 0 Å². The van der Waals surface area contributed by atoms with E-state index in [1.54, 1.807) is 6.58 Å². The predicted molar refractivity (Wildman–Crippen MR) is 60.7 cm³/mol. The number of hydrogen-bond acceptors (Lipinski definition) is 1. The summed E-state index contributed by atoms with van der Waals surface area (Å²) in [6.45, 7) is 1.69. The fourth-order valence-electron chi connectivity index (χ4n) is 4.43. The topological polar surface area (TPSA) is 37.3 Å². The Labute approximate surface area is 153 Å². The molecule has 0 aromatic rings. The van der Waals surface area contributed by atoms with Crippen LogP contribution in [0.3, 0.4) is 0 Å². The third-order valence-electron chi connectivity index (χ3n) is 5.95. The van der Waals surface area contributed by atoms with Crippen LogP contribution in [0.15, 0.2) is 12.2 Å². The average molecular weight is 476 g/mol. The minimum Gasteiger partial charge on any atom is -0.478 e. The van der Waals surface area contributed by atoms with E-state index in [0.717, 1.165) is 0 Å². The van der Waals surface area contributed by atoms with Crippen LogP contribution in [0, 0.1) is 0 Å². The molecule has 0 heterocycles. The Kier molecular flexibility index (Phi) is 3.44. The third-order valence-corrected chi connectivity index (χ3v) is 5.95. The SMILES string of the molecule is C=C(C(=O)O)C1(F)C2(F)C(F)(F)C3(F)C(F)(F)C(F)(C2(F)F)C(F)(F)C1(F)C3(F)F. The Balaban J connectivity index is 2.76. The van der Waals surface area contributed by atoms with Gasteiger partial charge in [0.15, 0.2) is 0 Å². The minimum atomic E-state index is -7.95. The molecule has 172 valence electrons. The number of rotatable bonds is 2. The van der Waals surface area contributed by atoms with Gasteiger partial charge in [-0.2, -0.15) is 43.9 Å². The van der Waals surface area contributed by atoms with Gasteiger partial charge in [0.05, 0.1) is 5.57 Å². The molecule has 4 bridgehead atoms. The maximum Gasteiger partial charge on any atom is 0.339 e. The van der Waals surface area contributed by atoms with Crippen LogP contribution in [0.4, 0.5) is 65.9 Å². The molecular weight excluding hydrogens is 473 g/mol. The Morgan fingerprint density at radius 3 is 0.900 bits per heavy atom. The van der Waals surface area contributed by atoms with Gasteiger partial charge in [0, 0.05) is 0 Å². The smallest absolute Gasteiger partial charge is 0.339 e. The van der Waals surface area contributed by atoms with Gasteiger partial charge in [-0.25, -0.2) is 26.7 Å². The summed E-state index contributed by atoms with van der Waals surface area (Å²) in [6, 6.07) is 0. The quantitative estimate of drug-likeness (QED) is 0.475. The second-order valence-electron chi connectivity index (χ2n) is 6.95. The van der Waals surface area contributed by atoms with Gasteiger partial charge in [-0.15, -0.1) is 0 Å². The molecule has 0 aliphatic heterocycles. The number of carboxylic acids is 1. The van der Waals surface area contributed by atoms with Crippen molar-refractivity contribution in [2.24, 2.45) is 0 Å². The van der Waals surface area contributed by atoms with E-state index in [2.05, 4.69) is 0 Å². The van der Waals surface area contributed by atoms with Crippen molar-refractivity contribution in [2.45, 2.75) is 58.0 Å². The second-order valence-corrected chi connectivity index (χ2v) is 6.95. The molecule has 4 aliphatic carbocycles. The Hall–Kier alpha value is -1.84. The molecule has 17 heteroatoms. The molecule has 0 aromatic carbocycles. The summed E-state index contributed by atoms with van der Waals surface area (Å²) in [5.41, 5.74) is -41.8. The summed E-state index contributed by atoms with van der Waals surface area (Å²) in [5.74, 6) is -43.0. The molecule has 1 N–H and O–H groups in total. The first-order valence-electron chi connectivity index (χ1n) is 7.12. The monoisotopic (exact) mass is 476 g/mol. The highest BCUT2D eigenvalue weighted by atomic mass is 19.3. The zero-order valence-electron chi connectivity index (χ0n) is 13.2. The number of halogens is 15. The van der Waals surface area contributed by atoms with Gasteiger partial charge < -0.3 is 5.11 Å². The molecule has 30 heavy (non-hydrogen) atoms. The molecule has 0 spiro atoms. The van der Waals surface area contributed by atoms with E-state index >= 15 is 4.39 Å². The van der Waals surface area contributed by atoms with E-state index in [-0.39, 0.29) is 0 Å². The summed E-state index contributed by atoms with van der Waals surface area (Å²) < 4.78 is 216. The Bertz CT molecular complexity index is 803. The number of alkyl halides is 15. The molecule has 2 nitrogen and oxygen atoms in total. The van der Waals surface area contributed by atoms with Crippen LogP contribution < -0.4 is 0 Å². The van der Waals surface area contributed by atoms with Crippen molar-refractivity contribution in [3.8, 4) is 0 Å². The molecule has 4 rings (SSSR count). The lowest BCUT2D eigenvalue weighted by molar-refractivity contribution is -0.590. The van der Waals surface area contributed by atoms with E-state index in [9.17, 15) is 66.3 Å². The Morgan fingerprint density at radius 2 is 0.700 bits per heavy atom. The molecule has 0 aromatic heterocycles. The van der Waals surface area contributed by atoms with Gasteiger partial charge in [-0.1, -0.05) is 6.58 Å². The maximum absolute atomic E-state index is 15.1. The van der Waals surface area contributed by atoms with E-state index in [0.29, 0.717) is 0 Å². The first-order chi connectivity index (χ1) is 12.9. The lowest BCUT2D eigenvalue weighted by atomic mass is 9.37. The first kappa shape index (κ1) is 22.8. The van der Waals surface area contributed by atoms with E-state index in [4.69, 9.17) is 5.11 Å². The molecule has 0 unspecified atom stereocenters. The third kappa shape index (κ3) is 1.23. The average Bonchev–Trinajstić information content (AvgIpc) is 2.59. The number of hydrogen-bond donors (Lipinski definition) is 1. The molecular formula is C13H3F15O2. The van der Waals surface area contributed by atoms with Crippen molar-refractivity contribution in [1.82, 2.24) is 0 Å². The van der Waals surface area contributed by atoms with Crippen molar-refractivity contribution in [1.29, 1.82) is 0 Å². The summed E-state index contributed by atoms with van der Waals surface area (Å²) in [7, 11) is 0. The highest BCUT2D eigenvalue weighted by Gasteiger charge is 3.23. The molecule has 4 saturated carbocycles. The summed E-state index contributed by atoms with van der Waals surface area (Å²) in [4.78, 5) is 10.8. The van der Waals surface area contributed by atoms with Crippen molar-refractivity contribution < 1.29 is 75.8 Å². The number of carboxylic acid groups (broad SMARTS) is 1. The lowest BCUT2D eigenvalue weighted by Crippen LogP contribution is -3.09. The maximum atomic E-state index is 15.1. The van der Waals surface area contributed by atoms with Gasteiger partial charge in [0.2, 0.25) is 5.67 Å². The molecule has 0 radical (unpaired) electrons. The highest BCUT2D eigenvalue weighted by molar-refractivity contribution is 5.90. The van der Waals surface area contributed by atoms with E-state index in [1.807, 2.05) is 0 Å². The standard InChI is InChI=1S/C13H3F15O2/c1-2(3(29)30)4(14)5(15)9(19,20)7(17)11(23,24)6(4,16)12(25,26)8(18,10(5,21)22)13(7,27)28/h1H2,(H,29,30). The van der Waals surface area contributed by atoms with Crippen molar-refractivity contribution in [2.75, 3.05) is 0 Å². The lowest BCUT2D eigenvalue weighted by Gasteiger charge is -2.74. The fraction of sp³-hybridized carbons (Fsp3) is 0.769. The van der Waals surface area contributed by atoms with Gasteiger partial charge in [0.1, 0.15) is 0 Å². The normalized spacial score (nSPS) is 50.9. The minimum absolute atomic E-state index is 1.69. The van der Waals surface area contributed by atoms with Gasteiger partial charge >= 0.3 is 46.9 Å². The van der Waals surface area contributed by atoms with Crippen LogP contribution in [0.5, 0.6) is 0 Å². The van der Waals surface area contributed by atoms with Crippen LogP contribution in [0.2, 0.25) is 0 Å². The zero-order chi connectivity index (χ0) is 24.2. The van der Waals surface area contributed by atoms with E-state index in [1.165, 1.54) is 0 Å². The predicted octanol–water partition coefficient (Wildman–Crippen LogP) is 4.39. The largest absolute Gasteiger partial charge is 0.478 e. The van der Waals surface area contributed by atoms with Crippen LogP contribution in [0.1, 0.15) is 0 Å². The highest BCUT2D eigenvalue weighted by Crippen LogP contribution is 2.89. The van der Waals surface area contributed by atoms with E-state index < -0.39 is 69.5 Å². The second kappa shape index (κ2) is 4.52. The molecule has 4 aliphatic rings. The number of carbonyl (C=O) groups is 1. The fourth-order valence-corrected chi connectivity index (χ4v) is 4.43. The molecule has 4 fully saturated rings. The van der Waals surface area contributed by atoms with Crippen LogP contribution in [-0.2, 0) is 4.79 Å².